The van der Waals surface area contributed by atoms with E-state index in [1.54, 1.807) is 30.3 Å². The van der Waals surface area contributed by atoms with Gasteiger partial charge in [0.2, 0.25) is 5.91 Å². The molecular formula is C19H18BClN2O4. The highest BCUT2D eigenvalue weighted by molar-refractivity contribution is 6.43. The zero-order chi connectivity index (χ0) is 19.4. The Bertz CT molecular complexity index is 884. The molecule has 0 saturated carbocycles. The van der Waals surface area contributed by atoms with Crippen molar-refractivity contribution in [2.45, 2.75) is 24.7 Å². The van der Waals surface area contributed by atoms with Gasteiger partial charge in [-0.25, -0.2) is 0 Å². The number of hydrogen-bond acceptors (Lipinski definition) is 5. The fraction of sp³-hybridized carbons (Fsp3) is 0.263. The third-order valence-corrected chi connectivity index (χ3v) is 4.90. The van der Waals surface area contributed by atoms with Gasteiger partial charge < -0.3 is 20.1 Å². The third kappa shape index (κ3) is 4.42. The number of hydrogen-bond donors (Lipinski definition) is 3. The van der Waals surface area contributed by atoms with Crippen LogP contribution in [-0.4, -0.2) is 35.6 Å². The fourth-order valence-corrected chi connectivity index (χ4v) is 3.48. The SMILES string of the molecule is N#Cc1ccccc1CC(=O)NC(C[C@H]1COc2c(Cl)cccc21)B(O)O. The molecule has 2 atom stereocenters. The van der Waals surface area contributed by atoms with E-state index in [9.17, 15) is 14.8 Å². The number of para-hydroxylation sites is 1. The van der Waals surface area contributed by atoms with Gasteiger partial charge in [-0.3, -0.25) is 4.79 Å². The minimum absolute atomic E-state index is 0.0173. The number of ether oxygens (including phenoxy) is 1. The van der Waals surface area contributed by atoms with Gasteiger partial charge in [-0.1, -0.05) is 41.9 Å². The third-order valence-electron chi connectivity index (χ3n) is 4.60. The highest BCUT2D eigenvalue weighted by Crippen LogP contribution is 2.41. The number of carbonyl (C=O) groups excluding carboxylic acids is 1. The van der Waals surface area contributed by atoms with Crippen molar-refractivity contribution in [2.75, 3.05) is 6.61 Å². The smallest absolute Gasteiger partial charge is 0.475 e. The highest BCUT2D eigenvalue weighted by Gasteiger charge is 2.33. The first kappa shape index (κ1) is 19.2. The van der Waals surface area contributed by atoms with Crippen molar-refractivity contribution in [1.82, 2.24) is 5.32 Å². The van der Waals surface area contributed by atoms with Crippen molar-refractivity contribution in [3.05, 3.63) is 64.2 Å². The van der Waals surface area contributed by atoms with Gasteiger partial charge in [0, 0.05) is 11.5 Å². The molecule has 6 nitrogen and oxygen atoms in total. The zero-order valence-electron chi connectivity index (χ0n) is 14.4. The van der Waals surface area contributed by atoms with Gasteiger partial charge in [0.05, 0.1) is 35.6 Å². The van der Waals surface area contributed by atoms with E-state index in [0.717, 1.165) is 5.56 Å². The van der Waals surface area contributed by atoms with Gasteiger partial charge in [-0.05, 0) is 24.1 Å². The normalized spacial score (nSPS) is 16.0. The summed E-state index contributed by atoms with van der Waals surface area (Å²) in [5.74, 6) is -0.770. The van der Waals surface area contributed by atoms with E-state index in [1.165, 1.54) is 0 Å². The topological polar surface area (TPSA) is 103 Å². The van der Waals surface area contributed by atoms with Crippen LogP contribution >= 0.6 is 11.6 Å². The molecule has 3 N–H and O–H groups in total. The van der Waals surface area contributed by atoms with E-state index in [4.69, 9.17) is 21.6 Å². The number of amides is 1. The summed E-state index contributed by atoms with van der Waals surface area (Å²) in [7, 11) is -1.72. The van der Waals surface area contributed by atoms with Crippen LogP contribution in [0.25, 0.3) is 0 Å². The number of halogens is 1. The maximum atomic E-state index is 12.4. The van der Waals surface area contributed by atoms with Gasteiger partial charge in [0.15, 0.2) is 0 Å². The number of rotatable bonds is 6. The van der Waals surface area contributed by atoms with Crippen LogP contribution in [-0.2, 0) is 11.2 Å². The summed E-state index contributed by atoms with van der Waals surface area (Å²) in [6.45, 7) is 0.357. The summed E-state index contributed by atoms with van der Waals surface area (Å²) in [4.78, 5) is 12.4. The maximum absolute atomic E-state index is 12.4. The predicted molar refractivity (Wildman–Crippen MR) is 101 cm³/mol. The molecule has 1 aliphatic heterocycles. The van der Waals surface area contributed by atoms with Gasteiger partial charge in [0.1, 0.15) is 5.75 Å². The minimum atomic E-state index is -1.72. The molecule has 1 unspecified atom stereocenters. The first-order chi connectivity index (χ1) is 13.0. The van der Waals surface area contributed by atoms with Crippen molar-refractivity contribution in [1.29, 1.82) is 5.26 Å². The lowest BCUT2D eigenvalue weighted by Crippen LogP contribution is -2.48. The first-order valence-corrected chi connectivity index (χ1v) is 8.92. The summed E-state index contributed by atoms with van der Waals surface area (Å²) >= 11 is 6.12. The monoisotopic (exact) mass is 384 g/mol. The minimum Gasteiger partial charge on any atom is -0.491 e. The molecule has 27 heavy (non-hydrogen) atoms. The molecule has 0 saturated heterocycles. The Kier molecular flexibility index (Phi) is 6.02. The Labute approximate surface area is 162 Å². The molecule has 2 aromatic rings. The zero-order valence-corrected chi connectivity index (χ0v) is 15.2. The molecule has 2 aromatic carbocycles. The van der Waals surface area contributed by atoms with E-state index >= 15 is 0 Å². The quantitative estimate of drug-likeness (QED) is 0.659. The molecule has 0 aliphatic carbocycles. The van der Waals surface area contributed by atoms with Crippen LogP contribution in [0, 0.1) is 11.3 Å². The van der Waals surface area contributed by atoms with Crippen LogP contribution < -0.4 is 10.1 Å². The number of nitrogens with one attached hydrogen (secondary N) is 1. The second kappa shape index (κ2) is 8.44. The molecule has 8 heteroatoms. The molecule has 0 fully saturated rings. The van der Waals surface area contributed by atoms with Gasteiger partial charge >= 0.3 is 7.12 Å². The number of carbonyl (C=O) groups is 1. The number of fused-ring (bicyclic) bond motifs is 1. The Balaban J connectivity index is 1.68. The highest BCUT2D eigenvalue weighted by atomic mass is 35.5. The van der Waals surface area contributed by atoms with Crippen LogP contribution in [0.3, 0.4) is 0 Å². The summed E-state index contributed by atoms with van der Waals surface area (Å²) in [6, 6.07) is 14.3. The Hall–Kier alpha value is -2.53. The molecule has 0 aromatic heterocycles. The number of nitrogens with zero attached hydrogens (tertiary/aromatic N) is 1. The van der Waals surface area contributed by atoms with E-state index < -0.39 is 13.1 Å². The van der Waals surface area contributed by atoms with Crippen molar-refractivity contribution in [2.24, 2.45) is 0 Å². The average Bonchev–Trinajstić information content (AvgIpc) is 3.06. The number of benzene rings is 2. The van der Waals surface area contributed by atoms with Crippen LogP contribution in [0.15, 0.2) is 42.5 Å². The molecule has 1 aliphatic rings. The molecular weight excluding hydrogens is 366 g/mol. The molecule has 1 amide bonds. The van der Waals surface area contributed by atoms with Crippen LogP contribution in [0.1, 0.15) is 29.0 Å². The van der Waals surface area contributed by atoms with Gasteiger partial charge in [-0.15, -0.1) is 0 Å². The van der Waals surface area contributed by atoms with Crippen LogP contribution in [0.4, 0.5) is 0 Å². The number of nitriles is 1. The Morgan fingerprint density at radius 2 is 2.11 bits per heavy atom. The summed E-state index contributed by atoms with van der Waals surface area (Å²) in [5, 5.41) is 31.7. The van der Waals surface area contributed by atoms with Crippen LogP contribution in [0.2, 0.25) is 5.02 Å². The molecule has 3 rings (SSSR count). The second-order valence-corrected chi connectivity index (χ2v) is 6.84. The molecule has 138 valence electrons. The van der Waals surface area contributed by atoms with Crippen molar-refractivity contribution in [3.8, 4) is 11.8 Å². The standard InChI is InChI=1S/C19H18BClN2O4/c21-16-7-3-6-15-14(11-27-19(15)16)8-17(20(25)26)23-18(24)9-12-4-1-2-5-13(12)10-22/h1-7,14,17,25-26H,8-9,11H2,(H,23,24)/t14-,17?/m0/s1. The van der Waals surface area contributed by atoms with Crippen molar-refractivity contribution in [3.63, 3.8) is 0 Å². The molecule has 0 bridgehead atoms. The fourth-order valence-electron chi connectivity index (χ4n) is 3.24. The van der Waals surface area contributed by atoms with Crippen molar-refractivity contribution < 1.29 is 19.6 Å². The van der Waals surface area contributed by atoms with E-state index in [-0.39, 0.29) is 24.7 Å². The Morgan fingerprint density at radius 1 is 1.33 bits per heavy atom. The molecule has 0 spiro atoms. The van der Waals surface area contributed by atoms with E-state index in [2.05, 4.69) is 5.32 Å². The largest absolute Gasteiger partial charge is 0.491 e. The van der Waals surface area contributed by atoms with Crippen LogP contribution in [0.5, 0.6) is 5.75 Å². The molecule has 0 radical (unpaired) electrons. The average molecular weight is 385 g/mol. The lowest BCUT2D eigenvalue weighted by molar-refractivity contribution is -0.120. The van der Waals surface area contributed by atoms with Gasteiger partial charge in [-0.2, -0.15) is 5.26 Å². The van der Waals surface area contributed by atoms with Gasteiger partial charge in [0.25, 0.3) is 0 Å². The summed E-state index contributed by atoms with van der Waals surface area (Å²) < 4.78 is 5.61. The van der Waals surface area contributed by atoms with E-state index in [0.29, 0.717) is 28.5 Å². The lowest BCUT2D eigenvalue weighted by atomic mass is 9.73. The van der Waals surface area contributed by atoms with Crippen molar-refractivity contribution >= 4 is 24.6 Å². The lowest BCUT2D eigenvalue weighted by Gasteiger charge is -2.21. The Morgan fingerprint density at radius 3 is 2.85 bits per heavy atom. The first-order valence-electron chi connectivity index (χ1n) is 8.54. The summed E-state index contributed by atoms with van der Waals surface area (Å²) in [5.41, 5.74) is 1.89. The second-order valence-electron chi connectivity index (χ2n) is 6.44. The predicted octanol–water partition coefficient (Wildman–Crippen LogP) is 1.82. The summed E-state index contributed by atoms with van der Waals surface area (Å²) in [6.07, 6.45) is 0.271. The maximum Gasteiger partial charge on any atom is 0.475 e. The van der Waals surface area contributed by atoms with E-state index in [1.807, 2.05) is 18.2 Å². The molecule has 1 heterocycles.